The molecule has 0 aromatic heterocycles. The van der Waals surface area contributed by atoms with E-state index in [1.165, 1.54) is 0 Å². The van der Waals surface area contributed by atoms with Crippen LogP contribution in [0.3, 0.4) is 0 Å². The largest absolute Gasteiger partial charge is 0.391 e. The second kappa shape index (κ2) is 6.01. The van der Waals surface area contributed by atoms with Crippen molar-refractivity contribution in [3.05, 3.63) is 0 Å². The molecule has 0 amide bonds. The number of thioether (sulfide) groups is 1. The molecule has 0 spiro atoms. The number of ether oxygens (including phenoxy) is 1. The first-order valence-electron chi connectivity index (χ1n) is 3.45. The Bertz CT molecular complexity index is 76.0. The first-order chi connectivity index (χ1) is 4.66. The summed E-state index contributed by atoms with van der Waals surface area (Å²) in [5, 5.41) is 8.84. The Labute approximate surface area is 67.0 Å². The van der Waals surface area contributed by atoms with Crippen LogP contribution in [0.15, 0.2) is 0 Å². The Morgan fingerprint density at radius 3 is 2.50 bits per heavy atom. The summed E-state index contributed by atoms with van der Waals surface area (Å²) in [6.07, 6.45) is 1.95. The summed E-state index contributed by atoms with van der Waals surface area (Å²) in [5.74, 6) is 0.993. The van der Waals surface area contributed by atoms with Gasteiger partial charge in [0, 0.05) is 5.75 Å². The van der Waals surface area contributed by atoms with Crippen molar-refractivity contribution in [2.24, 2.45) is 0 Å². The molecule has 62 valence electrons. The van der Waals surface area contributed by atoms with Crippen LogP contribution in [0, 0.1) is 0 Å². The molecule has 0 heterocycles. The standard InChI is InChI=1S/C7H16O2S/c1-6(8)4-9-7(2)5-10-3/h6-8H,4-5H2,1-3H3/t6-,7+/m0/s1. The minimum absolute atomic E-state index is 0.254. The number of aliphatic hydroxyl groups is 1. The Hall–Kier alpha value is 0.270. The normalized spacial score (nSPS) is 16.8. The molecule has 0 bridgehead atoms. The smallest absolute Gasteiger partial charge is 0.0745 e. The van der Waals surface area contributed by atoms with Crippen molar-refractivity contribution in [2.75, 3.05) is 18.6 Å². The lowest BCUT2D eigenvalue weighted by Crippen LogP contribution is -2.18. The SMILES string of the molecule is CSC[C@@H](C)OC[C@H](C)O. The van der Waals surface area contributed by atoms with Gasteiger partial charge in [0.2, 0.25) is 0 Å². The van der Waals surface area contributed by atoms with E-state index < -0.39 is 0 Å². The first-order valence-corrected chi connectivity index (χ1v) is 4.84. The maximum Gasteiger partial charge on any atom is 0.0745 e. The van der Waals surface area contributed by atoms with E-state index in [4.69, 9.17) is 9.84 Å². The van der Waals surface area contributed by atoms with Crippen molar-refractivity contribution >= 4 is 11.8 Å². The topological polar surface area (TPSA) is 29.5 Å². The predicted octanol–water partition coefficient (Wildman–Crippen LogP) is 1.14. The molecule has 0 unspecified atom stereocenters. The fourth-order valence-corrected chi connectivity index (χ4v) is 1.15. The molecule has 2 atom stereocenters. The third-order valence-corrected chi connectivity index (χ3v) is 1.83. The van der Waals surface area contributed by atoms with Crippen molar-refractivity contribution in [3.8, 4) is 0 Å². The minimum Gasteiger partial charge on any atom is -0.391 e. The molecule has 0 aliphatic carbocycles. The molecule has 0 aromatic carbocycles. The van der Waals surface area contributed by atoms with Gasteiger partial charge in [0.05, 0.1) is 18.8 Å². The Balaban J connectivity index is 3.12. The molecule has 1 N–H and O–H groups in total. The highest BCUT2D eigenvalue weighted by molar-refractivity contribution is 7.98. The van der Waals surface area contributed by atoms with Crippen LogP contribution < -0.4 is 0 Å². The highest BCUT2D eigenvalue weighted by Crippen LogP contribution is 2.00. The number of hydrogen-bond acceptors (Lipinski definition) is 3. The number of aliphatic hydroxyl groups excluding tert-OH is 1. The molecular formula is C7H16O2S. The van der Waals surface area contributed by atoms with Crippen LogP contribution in [0.5, 0.6) is 0 Å². The van der Waals surface area contributed by atoms with Crippen molar-refractivity contribution < 1.29 is 9.84 Å². The second-order valence-corrected chi connectivity index (χ2v) is 3.36. The van der Waals surface area contributed by atoms with Gasteiger partial charge in [0.25, 0.3) is 0 Å². The Morgan fingerprint density at radius 2 is 2.10 bits per heavy atom. The summed E-state index contributed by atoms with van der Waals surface area (Å²) < 4.78 is 5.27. The van der Waals surface area contributed by atoms with E-state index in [1.807, 2.05) is 13.2 Å². The van der Waals surface area contributed by atoms with E-state index in [2.05, 4.69) is 0 Å². The highest BCUT2D eigenvalue weighted by atomic mass is 32.2. The van der Waals surface area contributed by atoms with E-state index in [1.54, 1.807) is 18.7 Å². The molecule has 0 aromatic rings. The van der Waals surface area contributed by atoms with Crippen molar-refractivity contribution in [1.29, 1.82) is 0 Å². The van der Waals surface area contributed by atoms with Gasteiger partial charge in [-0.1, -0.05) is 0 Å². The van der Waals surface area contributed by atoms with Crippen molar-refractivity contribution in [1.82, 2.24) is 0 Å². The fraction of sp³-hybridized carbons (Fsp3) is 1.00. The van der Waals surface area contributed by atoms with Crippen molar-refractivity contribution in [2.45, 2.75) is 26.1 Å². The van der Waals surface area contributed by atoms with Gasteiger partial charge in [-0.2, -0.15) is 11.8 Å². The van der Waals surface area contributed by atoms with Crippen LogP contribution in [0.25, 0.3) is 0 Å². The lowest BCUT2D eigenvalue weighted by molar-refractivity contribution is 0.0154. The molecule has 2 nitrogen and oxygen atoms in total. The molecule has 0 rings (SSSR count). The summed E-state index contributed by atoms with van der Waals surface area (Å²) in [6, 6.07) is 0. The maximum absolute atomic E-state index is 8.84. The van der Waals surface area contributed by atoms with Gasteiger partial charge in [0.15, 0.2) is 0 Å². The van der Waals surface area contributed by atoms with Gasteiger partial charge in [-0.15, -0.1) is 0 Å². The fourth-order valence-electron chi connectivity index (χ4n) is 0.586. The Kier molecular flexibility index (Phi) is 6.17. The average Bonchev–Trinajstić information content (AvgIpc) is 1.85. The van der Waals surface area contributed by atoms with Crippen LogP contribution in [0.2, 0.25) is 0 Å². The zero-order valence-electron chi connectivity index (χ0n) is 6.83. The van der Waals surface area contributed by atoms with Crippen LogP contribution >= 0.6 is 11.8 Å². The molecule has 0 saturated carbocycles. The Morgan fingerprint density at radius 1 is 1.50 bits per heavy atom. The summed E-state index contributed by atoms with van der Waals surface area (Å²) in [7, 11) is 0. The third kappa shape index (κ3) is 6.39. The van der Waals surface area contributed by atoms with Crippen LogP contribution in [0.4, 0.5) is 0 Å². The first kappa shape index (κ1) is 10.3. The van der Waals surface area contributed by atoms with Gasteiger partial charge >= 0.3 is 0 Å². The summed E-state index contributed by atoms with van der Waals surface area (Å²) in [5.41, 5.74) is 0. The van der Waals surface area contributed by atoms with E-state index in [0.29, 0.717) is 6.61 Å². The van der Waals surface area contributed by atoms with E-state index in [0.717, 1.165) is 5.75 Å². The van der Waals surface area contributed by atoms with Gasteiger partial charge in [-0.25, -0.2) is 0 Å². The van der Waals surface area contributed by atoms with Crippen LogP contribution in [-0.4, -0.2) is 35.9 Å². The molecule has 0 aliphatic rings. The van der Waals surface area contributed by atoms with E-state index >= 15 is 0 Å². The monoisotopic (exact) mass is 164 g/mol. The molecule has 3 heteroatoms. The highest BCUT2D eigenvalue weighted by Gasteiger charge is 2.02. The quantitative estimate of drug-likeness (QED) is 0.660. The summed E-state index contributed by atoms with van der Waals surface area (Å²) >= 11 is 1.75. The van der Waals surface area contributed by atoms with Crippen molar-refractivity contribution in [3.63, 3.8) is 0 Å². The van der Waals surface area contributed by atoms with Gasteiger partial charge in [-0.3, -0.25) is 0 Å². The average molecular weight is 164 g/mol. The summed E-state index contributed by atoms with van der Waals surface area (Å²) in [6.45, 7) is 4.19. The van der Waals surface area contributed by atoms with Gasteiger partial charge < -0.3 is 9.84 Å². The zero-order chi connectivity index (χ0) is 7.98. The minimum atomic E-state index is -0.343. The molecular weight excluding hydrogens is 148 g/mol. The zero-order valence-corrected chi connectivity index (χ0v) is 7.65. The predicted molar refractivity (Wildman–Crippen MR) is 45.5 cm³/mol. The van der Waals surface area contributed by atoms with Gasteiger partial charge in [0.1, 0.15) is 0 Å². The van der Waals surface area contributed by atoms with Crippen LogP contribution in [-0.2, 0) is 4.74 Å². The molecule has 10 heavy (non-hydrogen) atoms. The lowest BCUT2D eigenvalue weighted by Gasteiger charge is -2.12. The van der Waals surface area contributed by atoms with E-state index in [9.17, 15) is 0 Å². The van der Waals surface area contributed by atoms with Gasteiger partial charge in [-0.05, 0) is 20.1 Å². The number of rotatable bonds is 5. The molecule has 0 fully saturated rings. The lowest BCUT2D eigenvalue weighted by atomic mass is 10.4. The number of hydrogen-bond donors (Lipinski definition) is 1. The van der Waals surface area contributed by atoms with Crippen LogP contribution in [0.1, 0.15) is 13.8 Å². The molecule has 0 radical (unpaired) electrons. The van der Waals surface area contributed by atoms with E-state index in [-0.39, 0.29) is 12.2 Å². The molecule has 0 aliphatic heterocycles. The second-order valence-electron chi connectivity index (χ2n) is 2.45. The summed E-state index contributed by atoms with van der Waals surface area (Å²) in [4.78, 5) is 0. The third-order valence-electron chi connectivity index (χ3n) is 1.02. The maximum atomic E-state index is 8.84. The molecule has 0 saturated heterocycles.